The van der Waals surface area contributed by atoms with Crippen LogP contribution in [0.2, 0.25) is 0 Å². The highest BCUT2D eigenvalue weighted by Gasteiger charge is 2.11. The van der Waals surface area contributed by atoms with Gasteiger partial charge in [-0.3, -0.25) is 0 Å². The Morgan fingerprint density at radius 1 is 1.18 bits per heavy atom. The van der Waals surface area contributed by atoms with Crippen LogP contribution in [0.15, 0.2) is 58.3 Å². The summed E-state index contributed by atoms with van der Waals surface area (Å²) in [5, 5.41) is 2.34. The minimum atomic E-state index is -1.27. The number of nitrogens with zero attached hydrogens (tertiary/aromatic N) is 1. The fraction of sp³-hybridized carbons (Fsp3) is 0.0667. The van der Waals surface area contributed by atoms with Crippen molar-refractivity contribution in [1.29, 1.82) is 0 Å². The second-order valence-corrected chi connectivity index (χ2v) is 5.92. The van der Waals surface area contributed by atoms with Gasteiger partial charge in [0.2, 0.25) is 0 Å². The van der Waals surface area contributed by atoms with E-state index in [0.29, 0.717) is 15.9 Å². The Kier molecular flexibility index (Phi) is 3.88. The molecule has 112 valence electrons. The summed E-state index contributed by atoms with van der Waals surface area (Å²) in [6, 6.07) is 14.5. The zero-order valence-electron chi connectivity index (χ0n) is 11.7. The van der Waals surface area contributed by atoms with Crippen LogP contribution < -0.4 is 10.1 Å². The van der Waals surface area contributed by atoms with Gasteiger partial charge in [0.15, 0.2) is 0 Å². The third-order valence-corrected chi connectivity index (χ3v) is 4.38. The van der Waals surface area contributed by atoms with Gasteiger partial charge in [-0.15, -0.1) is 0 Å². The second kappa shape index (κ2) is 5.98. The molecular weight excluding hydrogens is 302 g/mol. The summed E-state index contributed by atoms with van der Waals surface area (Å²) in [4.78, 5) is 19.6. The van der Waals surface area contributed by atoms with Crippen molar-refractivity contribution in [3.63, 3.8) is 0 Å². The average molecular weight is 315 g/mol. The number of amides is 1. The Hall–Kier alpha value is -2.67. The molecule has 7 heteroatoms. The number of carbonyl (C=O) groups excluding carboxylic acids is 1. The number of rotatable bonds is 3. The lowest BCUT2D eigenvalue weighted by Gasteiger charge is -2.01. The summed E-state index contributed by atoms with van der Waals surface area (Å²) >= 11 is 0. The summed E-state index contributed by atoms with van der Waals surface area (Å²) < 4.78 is 17.4. The molecule has 6 nitrogen and oxygen atoms in total. The molecule has 1 heterocycles. The maximum atomic E-state index is 12.5. The van der Waals surface area contributed by atoms with Crippen LogP contribution in [0.4, 0.5) is 4.79 Å². The predicted molar refractivity (Wildman–Crippen MR) is 82.3 cm³/mol. The van der Waals surface area contributed by atoms with Crippen molar-refractivity contribution in [2.24, 2.45) is 0 Å². The van der Waals surface area contributed by atoms with Crippen LogP contribution in [0.3, 0.4) is 0 Å². The highest BCUT2D eigenvalue weighted by Crippen LogP contribution is 2.22. The summed E-state index contributed by atoms with van der Waals surface area (Å²) in [7, 11) is 0.191. The Morgan fingerprint density at radius 2 is 1.95 bits per heavy atom. The quantitative estimate of drug-likeness (QED) is 0.777. The molecule has 0 aliphatic carbocycles. The molecule has 22 heavy (non-hydrogen) atoms. The molecule has 0 spiro atoms. The van der Waals surface area contributed by atoms with Gasteiger partial charge in [0, 0.05) is 16.8 Å². The number of nitrogens with one attached hydrogen (secondary N) is 2. The van der Waals surface area contributed by atoms with Crippen molar-refractivity contribution in [3.8, 4) is 6.01 Å². The molecule has 1 amide bonds. The first-order valence-electron chi connectivity index (χ1n) is 6.53. The third-order valence-electron chi connectivity index (χ3n) is 3.00. The molecule has 1 unspecified atom stereocenters. The van der Waals surface area contributed by atoms with Crippen LogP contribution >= 0.6 is 0 Å². The Morgan fingerprint density at radius 3 is 2.68 bits per heavy atom. The largest absolute Gasteiger partial charge is 0.414 e. The van der Waals surface area contributed by atoms with E-state index >= 15 is 0 Å². The van der Waals surface area contributed by atoms with Crippen LogP contribution in [-0.2, 0) is 10.8 Å². The van der Waals surface area contributed by atoms with E-state index in [1.165, 1.54) is 7.05 Å². The van der Waals surface area contributed by atoms with Crippen LogP contribution in [0.1, 0.15) is 0 Å². The molecule has 1 aromatic heterocycles. The van der Waals surface area contributed by atoms with E-state index in [1.807, 2.05) is 30.3 Å². The number of benzene rings is 2. The van der Waals surface area contributed by atoms with Gasteiger partial charge >= 0.3 is 12.1 Å². The van der Waals surface area contributed by atoms with Gasteiger partial charge in [-0.05, 0) is 30.3 Å². The van der Waals surface area contributed by atoms with Gasteiger partial charge in [-0.1, -0.05) is 18.2 Å². The van der Waals surface area contributed by atoms with Gasteiger partial charge in [0.05, 0.1) is 21.8 Å². The van der Waals surface area contributed by atoms with E-state index < -0.39 is 16.9 Å². The van der Waals surface area contributed by atoms with Crippen LogP contribution in [-0.4, -0.2) is 27.3 Å². The lowest BCUT2D eigenvalue weighted by atomic mass is 10.3. The molecule has 1 atom stereocenters. The first-order valence-corrected chi connectivity index (χ1v) is 7.68. The van der Waals surface area contributed by atoms with Gasteiger partial charge in [-0.2, -0.15) is 4.98 Å². The van der Waals surface area contributed by atoms with Crippen LogP contribution in [0, 0.1) is 0 Å². The first kappa shape index (κ1) is 14.3. The fourth-order valence-electron chi connectivity index (χ4n) is 1.95. The molecule has 0 saturated heterocycles. The SMILES string of the molecule is CNC(=O)Oc1nc2ccc(S(=O)c3ccccc3)cc2[nH]1. The summed E-state index contributed by atoms with van der Waals surface area (Å²) in [5.74, 6) is 0. The maximum absolute atomic E-state index is 12.5. The van der Waals surface area contributed by atoms with E-state index in [0.717, 1.165) is 4.90 Å². The van der Waals surface area contributed by atoms with Crippen molar-refractivity contribution in [1.82, 2.24) is 15.3 Å². The normalized spacial score (nSPS) is 12.0. The van der Waals surface area contributed by atoms with E-state index in [2.05, 4.69) is 15.3 Å². The summed E-state index contributed by atoms with van der Waals surface area (Å²) in [6.07, 6.45) is -0.604. The topological polar surface area (TPSA) is 84.1 Å². The number of carbonyl (C=O) groups is 1. The highest BCUT2D eigenvalue weighted by atomic mass is 32.2. The number of H-pyrrole nitrogens is 1. The van der Waals surface area contributed by atoms with Crippen molar-refractivity contribution in [2.75, 3.05) is 7.05 Å². The Bertz CT molecular complexity index is 846. The number of aromatic nitrogens is 2. The van der Waals surface area contributed by atoms with Crippen molar-refractivity contribution in [2.45, 2.75) is 9.79 Å². The first-order chi connectivity index (χ1) is 10.7. The Labute approximate surface area is 129 Å². The van der Waals surface area contributed by atoms with E-state index in [4.69, 9.17) is 4.74 Å². The molecular formula is C15H13N3O3S. The van der Waals surface area contributed by atoms with Crippen molar-refractivity contribution >= 4 is 27.9 Å². The van der Waals surface area contributed by atoms with Crippen LogP contribution in [0.5, 0.6) is 6.01 Å². The zero-order valence-corrected chi connectivity index (χ0v) is 12.5. The lowest BCUT2D eigenvalue weighted by Crippen LogP contribution is -2.22. The number of hydrogen-bond donors (Lipinski definition) is 2. The number of imidazole rings is 1. The minimum Gasteiger partial charge on any atom is -0.375 e. The molecule has 0 aliphatic heterocycles. The smallest absolute Gasteiger partial charge is 0.375 e. The lowest BCUT2D eigenvalue weighted by molar-refractivity contribution is 0.199. The van der Waals surface area contributed by atoms with Crippen LogP contribution in [0.25, 0.3) is 11.0 Å². The predicted octanol–water partition coefficient (Wildman–Crippen LogP) is 2.45. The Balaban J connectivity index is 1.93. The molecule has 2 N–H and O–H groups in total. The molecule has 0 radical (unpaired) electrons. The molecule has 2 aromatic carbocycles. The van der Waals surface area contributed by atoms with Gasteiger partial charge in [0.25, 0.3) is 0 Å². The maximum Gasteiger partial charge on any atom is 0.414 e. The molecule has 0 saturated carbocycles. The zero-order chi connectivity index (χ0) is 15.5. The number of fused-ring (bicyclic) bond motifs is 1. The van der Waals surface area contributed by atoms with Gasteiger partial charge in [0.1, 0.15) is 0 Å². The summed E-state index contributed by atoms with van der Waals surface area (Å²) in [6.45, 7) is 0. The molecule has 0 fully saturated rings. The highest BCUT2D eigenvalue weighted by molar-refractivity contribution is 7.85. The van der Waals surface area contributed by atoms with E-state index in [1.54, 1.807) is 18.2 Å². The van der Waals surface area contributed by atoms with Crippen molar-refractivity contribution in [3.05, 3.63) is 48.5 Å². The van der Waals surface area contributed by atoms with E-state index in [-0.39, 0.29) is 6.01 Å². The fourth-order valence-corrected chi connectivity index (χ4v) is 3.04. The molecule has 0 aliphatic rings. The van der Waals surface area contributed by atoms with E-state index in [9.17, 15) is 9.00 Å². The summed E-state index contributed by atoms with van der Waals surface area (Å²) in [5.41, 5.74) is 1.29. The molecule has 3 rings (SSSR count). The second-order valence-electron chi connectivity index (χ2n) is 4.44. The molecule has 3 aromatic rings. The average Bonchev–Trinajstić information content (AvgIpc) is 2.96. The monoisotopic (exact) mass is 315 g/mol. The van der Waals surface area contributed by atoms with Gasteiger partial charge < -0.3 is 15.0 Å². The minimum absolute atomic E-state index is 0.0944. The van der Waals surface area contributed by atoms with Gasteiger partial charge in [-0.25, -0.2) is 9.00 Å². The third kappa shape index (κ3) is 2.84. The number of aromatic amines is 1. The molecule has 0 bridgehead atoms. The standard InChI is InChI=1S/C15H13N3O3S/c1-16-15(19)21-14-17-12-8-7-11(9-13(12)18-14)22(20)10-5-3-2-4-6-10/h2-9H,1H3,(H,16,19)(H,17,18). The number of hydrogen-bond acceptors (Lipinski definition) is 4. The number of ether oxygens (including phenoxy) is 1. The van der Waals surface area contributed by atoms with Crippen molar-refractivity contribution < 1.29 is 13.7 Å².